The molecule has 1 saturated heterocycles. The first-order valence-corrected chi connectivity index (χ1v) is 10.5. The smallest absolute Gasteiger partial charge is 0.335 e. The van der Waals surface area contributed by atoms with E-state index in [0.29, 0.717) is 22.6 Å². The second-order valence-electron chi connectivity index (χ2n) is 7.66. The van der Waals surface area contributed by atoms with Crippen LogP contribution in [0.5, 0.6) is 0 Å². The fourth-order valence-electron chi connectivity index (χ4n) is 3.71. The topological polar surface area (TPSA) is 99.8 Å². The van der Waals surface area contributed by atoms with E-state index in [1.165, 1.54) is 17.0 Å². The summed E-state index contributed by atoms with van der Waals surface area (Å²) in [7, 11) is 0. The van der Waals surface area contributed by atoms with Gasteiger partial charge in [0.1, 0.15) is 17.1 Å². The average molecular weight is 461 g/mol. The number of rotatable bonds is 4. The Morgan fingerprint density at radius 2 is 1.76 bits per heavy atom. The number of hydrogen-bond donors (Lipinski definition) is 2. The van der Waals surface area contributed by atoms with Gasteiger partial charge in [0.25, 0.3) is 11.8 Å². The van der Waals surface area contributed by atoms with Gasteiger partial charge in [0.15, 0.2) is 5.11 Å². The van der Waals surface area contributed by atoms with E-state index < -0.39 is 17.8 Å². The van der Waals surface area contributed by atoms with Gasteiger partial charge in [-0.05, 0) is 80.0 Å². The summed E-state index contributed by atoms with van der Waals surface area (Å²) in [4.78, 5) is 38.6. The number of carbonyl (C=O) groups excluding carboxylic acids is 2. The van der Waals surface area contributed by atoms with Crippen molar-refractivity contribution in [3.05, 3.63) is 82.1 Å². The molecule has 0 unspecified atom stereocenters. The Kier molecular flexibility index (Phi) is 5.69. The van der Waals surface area contributed by atoms with Crippen LogP contribution >= 0.6 is 12.2 Å². The summed E-state index contributed by atoms with van der Waals surface area (Å²) in [5.74, 6) is -1.51. The van der Waals surface area contributed by atoms with Crippen LogP contribution in [0, 0.1) is 20.8 Å². The molecule has 33 heavy (non-hydrogen) atoms. The van der Waals surface area contributed by atoms with Crippen molar-refractivity contribution >= 4 is 46.9 Å². The van der Waals surface area contributed by atoms with E-state index in [1.807, 2.05) is 26.0 Å². The largest absolute Gasteiger partial charge is 0.478 e. The van der Waals surface area contributed by atoms with Gasteiger partial charge in [-0.15, -0.1) is 0 Å². The van der Waals surface area contributed by atoms with Gasteiger partial charge in [0, 0.05) is 5.56 Å². The van der Waals surface area contributed by atoms with E-state index in [4.69, 9.17) is 16.6 Å². The summed E-state index contributed by atoms with van der Waals surface area (Å²) >= 11 is 5.27. The number of furan rings is 1. The number of aromatic carboxylic acids is 1. The van der Waals surface area contributed by atoms with E-state index in [-0.39, 0.29) is 22.0 Å². The van der Waals surface area contributed by atoms with Crippen LogP contribution in [0.15, 0.2) is 58.5 Å². The second kappa shape index (κ2) is 8.48. The molecule has 0 radical (unpaired) electrons. The summed E-state index contributed by atoms with van der Waals surface area (Å²) in [5.41, 5.74) is 3.66. The van der Waals surface area contributed by atoms with Crippen LogP contribution in [-0.2, 0) is 9.59 Å². The van der Waals surface area contributed by atoms with Crippen molar-refractivity contribution in [2.24, 2.45) is 0 Å². The summed E-state index contributed by atoms with van der Waals surface area (Å²) in [6.45, 7) is 5.50. The maximum absolute atomic E-state index is 13.3. The molecule has 0 bridgehead atoms. The van der Waals surface area contributed by atoms with E-state index >= 15 is 0 Å². The summed E-state index contributed by atoms with van der Waals surface area (Å²) < 4.78 is 5.84. The standard InChI is InChI=1S/C25H20N2O5S/c1-13-6-4-9-20(14(13)2)27-23(29)19(22(28)26-25(27)33)12-16-10-11-21(32-16)17-7-5-8-18(15(17)3)24(30)31/h4-12H,1-3H3,(H,30,31)(H,26,28,33)/b19-12+. The Balaban J connectivity index is 1.72. The first-order chi connectivity index (χ1) is 15.7. The number of nitrogens with one attached hydrogen (secondary N) is 1. The van der Waals surface area contributed by atoms with Crippen LogP contribution in [0.1, 0.15) is 32.8 Å². The second-order valence-corrected chi connectivity index (χ2v) is 8.05. The van der Waals surface area contributed by atoms with Gasteiger partial charge in [-0.1, -0.05) is 24.3 Å². The Bertz CT molecular complexity index is 1370. The first kappa shape index (κ1) is 22.2. The monoisotopic (exact) mass is 460 g/mol. The molecule has 0 atom stereocenters. The zero-order valence-electron chi connectivity index (χ0n) is 18.1. The molecule has 166 valence electrons. The molecular weight excluding hydrogens is 440 g/mol. The number of anilines is 1. The fourth-order valence-corrected chi connectivity index (χ4v) is 3.98. The maximum atomic E-state index is 13.3. The van der Waals surface area contributed by atoms with Crippen molar-refractivity contribution in [2.75, 3.05) is 4.90 Å². The third kappa shape index (κ3) is 3.96. The summed E-state index contributed by atoms with van der Waals surface area (Å²) in [6, 6.07) is 13.7. The number of nitrogens with zero attached hydrogens (tertiary/aromatic N) is 1. The minimum absolute atomic E-state index is 0.0112. The lowest BCUT2D eigenvalue weighted by molar-refractivity contribution is -0.122. The highest BCUT2D eigenvalue weighted by Gasteiger charge is 2.35. The van der Waals surface area contributed by atoms with Crippen molar-refractivity contribution in [1.82, 2.24) is 5.32 Å². The van der Waals surface area contributed by atoms with Crippen molar-refractivity contribution in [3.63, 3.8) is 0 Å². The molecule has 0 aliphatic carbocycles. The fraction of sp³-hybridized carbons (Fsp3) is 0.120. The molecule has 1 aromatic heterocycles. The van der Waals surface area contributed by atoms with Crippen LogP contribution in [0.4, 0.5) is 5.69 Å². The zero-order valence-corrected chi connectivity index (χ0v) is 18.9. The number of hydrogen-bond acceptors (Lipinski definition) is 5. The normalized spacial score (nSPS) is 15.2. The third-order valence-electron chi connectivity index (χ3n) is 5.66. The molecule has 2 amide bonds. The molecule has 1 aliphatic rings. The molecule has 0 spiro atoms. The van der Waals surface area contributed by atoms with Crippen molar-refractivity contribution in [2.45, 2.75) is 20.8 Å². The predicted octanol–water partition coefficient (Wildman–Crippen LogP) is 4.40. The number of amides is 2. The molecule has 8 heteroatoms. The number of carboxylic acids is 1. The third-order valence-corrected chi connectivity index (χ3v) is 5.95. The molecular formula is C25H20N2O5S. The number of thiocarbonyl (C=S) groups is 1. The number of carboxylic acid groups (broad SMARTS) is 1. The van der Waals surface area contributed by atoms with E-state index in [1.54, 1.807) is 37.3 Å². The lowest BCUT2D eigenvalue weighted by atomic mass is 10.0. The quantitative estimate of drug-likeness (QED) is 0.340. The van der Waals surface area contributed by atoms with Gasteiger partial charge >= 0.3 is 5.97 Å². The van der Waals surface area contributed by atoms with Crippen molar-refractivity contribution in [3.8, 4) is 11.3 Å². The number of aryl methyl sites for hydroxylation is 1. The predicted molar refractivity (Wildman–Crippen MR) is 128 cm³/mol. The van der Waals surface area contributed by atoms with Gasteiger partial charge in [-0.2, -0.15) is 0 Å². The molecule has 1 aliphatic heterocycles. The van der Waals surface area contributed by atoms with Crippen molar-refractivity contribution < 1.29 is 23.9 Å². The summed E-state index contributed by atoms with van der Waals surface area (Å²) in [6.07, 6.45) is 1.36. The summed E-state index contributed by atoms with van der Waals surface area (Å²) in [5, 5.41) is 11.9. The Morgan fingerprint density at radius 3 is 2.48 bits per heavy atom. The van der Waals surface area contributed by atoms with Gasteiger partial charge in [-0.3, -0.25) is 19.8 Å². The minimum Gasteiger partial charge on any atom is -0.478 e. The number of benzene rings is 2. The lowest BCUT2D eigenvalue weighted by Gasteiger charge is -2.30. The van der Waals surface area contributed by atoms with Crippen LogP contribution in [-0.4, -0.2) is 28.0 Å². The van der Waals surface area contributed by atoms with E-state index in [2.05, 4.69) is 5.32 Å². The highest BCUT2D eigenvalue weighted by atomic mass is 32.1. The molecule has 2 N–H and O–H groups in total. The van der Waals surface area contributed by atoms with Gasteiger partial charge in [0.05, 0.1) is 11.3 Å². The van der Waals surface area contributed by atoms with Gasteiger partial charge in [0.2, 0.25) is 0 Å². The van der Waals surface area contributed by atoms with E-state index in [0.717, 1.165) is 11.1 Å². The average Bonchev–Trinajstić information content (AvgIpc) is 3.22. The van der Waals surface area contributed by atoms with Crippen LogP contribution in [0.25, 0.3) is 17.4 Å². The molecule has 4 rings (SSSR count). The molecule has 3 aromatic rings. The van der Waals surface area contributed by atoms with Crippen LogP contribution < -0.4 is 10.2 Å². The Labute approximate surface area is 195 Å². The molecule has 0 saturated carbocycles. The zero-order chi connectivity index (χ0) is 23.9. The van der Waals surface area contributed by atoms with Crippen LogP contribution in [0.3, 0.4) is 0 Å². The van der Waals surface area contributed by atoms with Gasteiger partial charge in [-0.25, -0.2) is 4.79 Å². The van der Waals surface area contributed by atoms with Crippen LogP contribution in [0.2, 0.25) is 0 Å². The SMILES string of the molecule is Cc1cccc(N2C(=O)/C(=C/c3ccc(-c4cccc(C(=O)O)c4C)o3)C(=O)NC2=S)c1C. The lowest BCUT2D eigenvalue weighted by Crippen LogP contribution is -2.54. The Hall–Kier alpha value is -4.04. The van der Waals surface area contributed by atoms with Crippen molar-refractivity contribution in [1.29, 1.82) is 0 Å². The highest BCUT2D eigenvalue weighted by Crippen LogP contribution is 2.30. The molecule has 7 nitrogen and oxygen atoms in total. The molecule has 2 aromatic carbocycles. The van der Waals surface area contributed by atoms with E-state index in [9.17, 15) is 19.5 Å². The number of carbonyl (C=O) groups is 3. The highest BCUT2D eigenvalue weighted by molar-refractivity contribution is 7.80. The minimum atomic E-state index is -1.03. The maximum Gasteiger partial charge on any atom is 0.335 e. The molecule has 1 fully saturated rings. The Morgan fingerprint density at radius 1 is 1.03 bits per heavy atom. The molecule has 2 heterocycles. The first-order valence-electron chi connectivity index (χ1n) is 10.1. The van der Waals surface area contributed by atoms with Gasteiger partial charge < -0.3 is 9.52 Å².